The molecule has 0 aliphatic rings. The highest BCUT2D eigenvalue weighted by molar-refractivity contribution is 5.71. The molecule has 0 aromatic carbocycles. The minimum absolute atomic E-state index is 0.0152. The number of hydrogen-bond acceptors (Lipinski definition) is 3. The smallest absolute Gasteiger partial charge is 0.308 e. The summed E-state index contributed by atoms with van der Waals surface area (Å²) in [6, 6.07) is 0. The fraction of sp³-hybridized carbons (Fsp3) is 0.909. The van der Waals surface area contributed by atoms with Crippen LogP contribution in [0, 0.1) is 11.8 Å². The van der Waals surface area contributed by atoms with Gasteiger partial charge in [0.05, 0.1) is 12.5 Å². The molecule has 0 aromatic rings. The van der Waals surface area contributed by atoms with Crippen LogP contribution >= 0.6 is 0 Å². The summed E-state index contributed by atoms with van der Waals surface area (Å²) in [5, 5.41) is 3.30. The largest absolute Gasteiger partial charge is 0.465 e. The van der Waals surface area contributed by atoms with E-state index >= 15 is 0 Å². The molecule has 14 heavy (non-hydrogen) atoms. The molecular weight excluding hydrogens is 178 g/mol. The highest BCUT2D eigenvalue weighted by Gasteiger charge is 2.06. The van der Waals surface area contributed by atoms with E-state index in [0.29, 0.717) is 12.5 Å². The number of hydrogen-bond donors (Lipinski definition) is 1. The van der Waals surface area contributed by atoms with Crippen molar-refractivity contribution in [1.29, 1.82) is 0 Å². The van der Waals surface area contributed by atoms with Crippen molar-refractivity contribution in [2.45, 2.75) is 34.1 Å². The fourth-order valence-corrected chi connectivity index (χ4v) is 0.927. The van der Waals surface area contributed by atoms with Crippen LogP contribution in [0.2, 0.25) is 0 Å². The second-order valence-electron chi connectivity index (χ2n) is 4.27. The molecule has 3 heteroatoms. The maximum Gasteiger partial charge on any atom is 0.308 e. The van der Waals surface area contributed by atoms with Crippen molar-refractivity contribution >= 4 is 5.97 Å². The average Bonchev–Trinajstić information content (AvgIpc) is 2.09. The van der Waals surface area contributed by atoms with Crippen LogP contribution in [0.4, 0.5) is 0 Å². The maximum absolute atomic E-state index is 11.0. The first-order valence-corrected chi connectivity index (χ1v) is 5.41. The second kappa shape index (κ2) is 7.80. The number of ether oxygens (including phenoxy) is 1. The van der Waals surface area contributed by atoms with E-state index in [1.165, 1.54) is 0 Å². The number of carbonyl (C=O) groups excluding carboxylic acids is 1. The minimum atomic E-state index is -0.103. The standard InChI is InChI=1S/C11H23NO2/c1-9(2)8-12-6-5-7-14-11(13)10(3)4/h9-10,12H,5-8H2,1-4H3. The molecule has 0 aliphatic carbocycles. The summed E-state index contributed by atoms with van der Waals surface area (Å²) < 4.78 is 5.03. The molecule has 0 heterocycles. The van der Waals surface area contributed by atoms with Crippen molar-refractivity contribution in [3.05, 3.63) is 0 Å². The van der Waals surface area contributed by atoms with Crippen molar-refractivity contribution in [2.24, 2.45) is 11.8 Å². The molecule has 0 spiro atoms. The predicted octanol–water partition coefficient (Wildman–Crippen LogP) is 1.82. The molecule has 0 fully saturated rings. The van der Waals surface area contributed by atoms with Crippen LogP contribution in [0.5, 0.6) is 0 Å². The van der Waals surface area contributed by atoms with Gasteiger partial charge in [0.1, 0.15) is 0 Å². The van der Waals surface area contributed by atoms with Gasteiger partial charge in [0, 0.05) is 0 Å². The van der Waals surface area contributed by atoms with Crippen LogP contribution in [-0.4, -0.2) is 25.7 Å². The van der Waals surface area contributed by atoms with Crippen LogP contribution < -0.4 is 5.32 Å². The van der Waals surface area contributed by atoms with Gasteiger partial charge in [-0.3, -0.25) is 4.79 Å². The minimum Gasteiger partial charge on any atom is -0.465 e. The lowest BCUT2D eigenvalue weighted by Crippen LogP contribution is -2.22. The Bertz CT molecular complexity index is 155. The van der Waals surface area contributed by atoms with Crippen molar-refractivity contribution in [1.82, 2.24) is 5.32 Å². The Morgan fingerprint density at radius 1 is 1.29 bits per heavy atom. The zero-order valence-corrected chi connectivity index (χ0v) is 9.80. The van der Waals surface area contributed by atoms with E-state index in [-0.39, 0.29) is 11.9 Å². The van der Waals surface area contributed by atoms with Gasteiger partial charge in [-0.1, -0.05) is 27.7 Å². The molecule has 0 amide bonds. The van der Waals surface area contributed by atoms with Crippen LogP contribution in [0.3, 0.4) is 0 Å². The molecule has 0 atom stereocenters. The van der Waals surface area contributed by atoms with Gasteiger partial charge in [-0.05, 0) is 25.4 Å². The Labute approximate surface area is 87.2 Å². The van der Waals surface area contributed by atoms with E-state index in [1.54, 1.807) is 0 Å². The number of nitrogens with one attached hydrogen (secondary N) is 1. The van der Waals surface area contributed by atoms with Crippen molar-refractivity contribution in [3.63, 3.8) is 0 Å². The number of carbonyl (C=O) groups is 1. The van der Waals surface area contributed by atoms with Gasteiger partial charge in [-0.2, -0.15) is 0 Å². The monoisotopic (exact) mass is 201 g/mol. The van der Waals surface area contributed by atoms with Gasteiger partial charge >= 0.3 is 5.97 Å². The molecule has 0 aliphatic heterocycles. The SMILES string of the molecule is CC(C)CNCCCOC(=O)C(C)C. The Hall–Kier alpha value is -0.570. The lowest BCUT2D eigenvalue weighted by Gasteiger charge is -2.08. The molecular formula is C11H23NO2. The summed E-state index contributed by atoms with van der Waals surface area (Å²) in [6.07, 6.45) is 0.894. The highest BCUT2D eigenvalue weighted by atomic mass is 16.5. The van der Waals surface area contributed by atoms with Crippen LogP contribution in [-0.2, 0) is 9.53 Å². The molecule has 1 N–H and O–H groups in total. The Morgan fingerprint density at radius 3 is 2.43 bits per heavy atom. The Balaban J connectivity index is 3.18. The van der Waals surface area contributed by atoms with Crippen molar-refractivity contribution in [3.8, 4) is 0 Å². The maximum atomic E-state index is 11.0. The predicted molar refractivity (Wildman–Crippen MR) is 58.1 cm³/mol. The van der Waals surface area contributed by atoms with Crippen LogP contribution in [0.25, 0.3) is 0 Å². The van der Waals surface area contributed by atoms with E-state index in [1.807, 2.05) is 13.8 Å². The Morgan fingerprint density at radius 2 is 1.93 bits per heavy atom. The zero-order chi connectivity index (χ0) is 11.0. The highest BCUT2D eigenvalue weighted by Crippen LogP contribution is 1.96. The Kier molecular flexibility index (Phi) is 7.48. The normalized spacial score (nSPS) is 11.0. The van der Waals surface area contributed by atoms with E-state index in [9.17, 15) is 4.79 Å². The molecule has 0 saturated heterocycles. The third-order valence-corrected chi connectivity index (χ3v) is 1.77. The zero-order valence-electron chi connectivity index (χ0n) is 9.80. The molecule has 0 saturated carbocycles. The van der Waals surface area contributed by atoms with Gasteiger partial charge in [-0.25, -0.2) is 0 Å². The molecule has 0 unspecified atom stereocenters. The van der Waals surface area contributed by atoms with Gasteiger partial charge in [-0.15, -0.1) is 0 Å². The van der Waals surface area contributed by atoms with E-state index in [4.69, 9.17) is 4.74 Å². The van der Waals surface area contributed by atoms with Gasteiger partial charge in [0.2, 0.25) is 0 Å². The summed E-state index contributed by atoms with van der Waals surface area (Å²) in [4.78, 5) is 11.0. The first-order valence-electron chi connectivity index (χ1n) is 5.41. The summed E-state index contributed by atoms with van der Waals surface area (Å²) in [5.74, 6) is 0.556. The molecule has 0 bridgehead atoms. The lowest BCUT2D eigenvalue weighted by molar-refractivity contribution is -0.147. The molecule has 0 radical (unpaired) electrons. The first-order chi connectivity index (χ1) is 6.54. The molecule has 3 nitrogen and oxygen atoms in total. The van der Waals surface area contributed by atoms with Gasteiger partial charge < -0.3 is 10.1 Å². The summed E-state index contributed by atoms with van der Waals surface area (Å²) >= 11 is 0. The summed E-state index contributed by atoms with van der Waals surface area (Å²) in [7, 11) is 0. The van der Waals surface area contributed by atoms with Crippen molar-refractivity contribution < 1.29 is 9.53 Å². The van der Waals surface area contributed by atoms with Gasteiger partial charge in [0.25, 0.3) is 0 Å². The third-order valence-electron chi connectivity index (χ3n) is 1.77. The topological polar surface area (TPSA) is 38.3 Å². The van der Waals surface area contributed by atoms with Crippen molar-refractivity contribution in [2.75, 3.05) is 19.7 Å². The van der Waals surface area contributed by atoms with Crippen LogP contribution in [0.1, 0.15) is 34.1 Å². The number of esters is 1. The van der Waals surface area contributed by atoms with E-state index < -0.39 is 0 Å². The molecule has 0 aromatic heterocycles. The molecule has 0 rings (SSSR count). The second-order valence-corrected chi connectivity index (χ2v) is 4.27. The molecule has 84 valence electrons. The fourth-order valence-electron chi connectivity index (χ4n) is 0.927. The van der Waals surface area contributed by atoms with E-state index in [2.05, 4.69) is 19.2 Å². The average molecular weight is 201 g/mol. The van der Waals surface area contributed by atoms with Gasteiger partial charge in [0.15, 0.2) is 0 Å². The summed E-state index contributed by atoms with van der Waals surface area (Å²) in [5.41, 5.74) is 0. The lowest BCUT2D eigenvalue weighted by atomic mass is 10.2. The summed E-state index contributed by atoms with van der Waals surface area (Å²) in [6.45, 7) is 10.5. The van der Waals surface area contributed by atoms with Crippen LogP contribution in [0.15, 0.2) is 0 Å². The first kappa shape index (κ1) is 13.4. The quantitative estimate of drug-likeness (QED) is 0.504. The third kappa shape index (κ3) is 8.05. The number of rotatable bonds is 7. The van der Waals surface area contributed by atoms with E-state index in [0.717, 1.165) is 19.5 Å².